The van der Waals surface area contributed by atoms with E-state index in [-0.39, 0.29) is 35.0 Å². The summed E-state index contributed by atoms with van der Waals surface area (Å²) in [5.41, 5.74) is 2.31. The van der Waals surface area contributed by atoms with E-state index in [1.165, 1.54) is 13.2 Å². The highest BCUT2D eigenvalue weighted by Crippen LogP contribution is 2.38. The van der Waals surface area contributed by atoms with E-state index >= 15 is 0 Å². The maximum atomic E-state index is 13.3. The Bertz CT molecular complexity index is 1310. The summed E-state index contributed by atoms with van der Waals surface area (Å²) < 4.78 is 62.7. The second-order valence-corrected chi connectivity index (χ2v) is 9.92. The van der Waals surface area contributed by atoms with Crippen LogP contribution >= 0.6 is 0 Å². The lowest BCUT2D eigenvalue weighted by Gasteiger charge is -2.31. The van der Waals surface area contributed by atoms with Crippen molar-refractivity contribution in [2.75, 3.05) is 26.9 Å². The maximum absolute atomic E-state index is 13.3. The quantitative estimate of drug-likeness (QED) is 0.434. The molecule has 1 aliphatic heterocycles. The average Bonchev–Trinajstić information content (AvgIpc) is 3.34. The summed E-state index contributed by atoms with van der Waals surface area (Å²) in [4.78, 5) is 12.8. The molecule has 2 aliphatic rings. The number of hydrogen-bond donors (Lipinski definition) is 1. The molecule has 1 N–H and O–H groups in total. The number of alkyl halides is 3. The fraction of sp³-hybridized carbons (Fsp3) is 0.462. The van der Waals surface area contributed by atoms with Gasteiger partial charge in [0.25, 0.3) is 5.91 Å². The normalized spacial score (nSPS) is 19.6. The van der Waals surface area contributed by atoms with Crippen molar-refractivity contribution in [3.05, 3.63) is 47.8 Å². The molecule has 3 heterocycles. The predicted molar refractivity (Wildman–Crippen MR) is 128 cm³/mol. The number of methoxy groups -OCH3 is 1. The number of rotatable bonds is 10. The number of carbonyl (C=O) groups excluding carboxylic acids is 1. The number of carbonyl (C=O) groups is 1. The smallest absolute Gasteiger partial charge is 0.387 e. The number of amides is 1. The van der Waals surface area contributed by atoms with E-state index in [9.17, 15) is 18.0 Å². The number of hydrogen-bond acceptors (Lipinski definition) is 6. The largest absolute Gasteiger partial charge is 0.496 e. The predicted octanol–water partition coefficient (Wildman–Crippen LogP) is 4.14. The monoisotopic (exact) mass is 519 g/mol. The molecule has 8 nitrogen and oxygen atoms in total. The van der Waals surface area contributed by atoms with Gasteiger partial charge >= 0.3 is 6.61 Å². The Morgan fingerprint density at radius 2 is 2.00 bits per heavy atom. The molecule has 0 radical (unpaired) electrons. The third-order valence-electron chi connectivity index (χ3n) is 6.65. The van der Waals surface area contributed by atoms with Gasteiger partial charge in [-0.2, -0.15) is 13.9 Å². The van der Waals surface area contributed by atoms with E-state index in [4.69, 9.17) is 18.9 Å². The molecule has 5 rings (SSSR count). The molecule has 2 atom stereocenters. The van der Waals surface area contributed by atoms with Crippen LogP contribution in [0.2, 0.25) is 0 Å². The number of ether oxygens (including phenoxy) is 4. The Morgan fingerprint density at radius 3 is 2.62 bits per heavy atom. The van der Waals surface area contributed by atoms with Gasteiger partial charge in [-0.05, 0) is 29.3 Å². The highest BCUT2D eigenvalue weighted by atomic mass is 19.3. The van der Waals surface area contributed by atoms with Crippen LogP contribution in [0.1, 0.15) is 36.2 Å². The second-order valence-electron chi connectivity index (χ2n) is 9.92. The van der Waals surface area contributed by atoms with Gasteiger partial charge in [0.05, 0.1) is 44.7 Å². The first-order valence-corrected chi connectivity index (χ1v) is 12.0. The van der Waals surface area contributed by atoms with Crippen molar-refractivity contribution in [3.63, 3.8) is 0 Å². The molecule has 37 heavy (non-hydrogen) atoms. The molecule has 198 valence electrons. The fourth-order valence-corrected chi connectivity index (χ4v) is 4.20. The maximum Gasteiger partial charge on any atom is 0.387 e. The van der Waals surface area contributed by atoms with Crippen molar-refractivity contribution in [3.8, 4) is 22.6 Å². The summed E-state index contributed by atoms with van der Waals surface area (Å²) in [7, 11) is 1.32. The first-order chi connectivity index (χ1) is 17.7. The molecule has 2 fully saturated rings. The van der Waals surface area contributed by atoms with Crippen LogP contribution in [0.3, 0.4) is 0 Å². The van der Waals surface area contributed by atoms with Crippen LogP contribution in [0, 0.1) is 0 Å². The molecule has 3 aromatic rings. The standard InChI is InChI=1S/C26H28F3N3O5/c1-26(2,13-36-16-11-35-12-16)15-4-5-20-17(9-30-32(20)10-15)14-6-21(34-3)23(22(7-14)37-25(28)29)24(33)31-19-8-18(19)27/h4-7,9-10,16,18-19,25H,8,11-13H2,1-3H3,(H,31,33)/t18-,19+/m0/s1. The Morgan fingerprint density at radius 1 is 1.27 bits per heavy atom. The Balaban J connectivity index is 1.47. The van der Waals surface area contributed by atoms with E-state index in [1.807, 2.05) is 18.3 Å². The summed E-state index contributed by atoms with van der Waals surface area (Å²) in [5, 5.41) is 6.94. The van der Waals surface area contributed by atoms with Crippen LogP contribution in [0.4, 0.5) is 13.2 Å². The zero-order valence-electron chi connectivity index (χ0n) is 20.7. The molecular formula is C26H28F3N3O5. The van der Waals surface area contributed by atoms with Gasteiger partial charge in [0.15, 0.2) is 0 Å². The number of benzene rings is 1. The van der Waals surface area contributed by atoms with E-state index in [2.05, 4.69) is 24.3 Å². The van der Waals surface area contributed by atoms with E-state index < -0.39 is 24.7 Å². The minimum atomic E-state index is -3.18. The molecule has 0 bridgehead atoms. The molecule has 1 saturated heterocycles. The van der Waals surface area contributed by atoms with Crippen LogP contribution in [0.15, 0.2) is 36.7 Å². The molecule has 2 aromatic heterocycles. The number of halogens is 3. The highest BCUT2D eigenvalue weighted by molar-refractivity contribution is 6.01. The zero-order chi connectivity index (χ0) is 26.3. The highest BCUT2D eigenvalue weighted by Gasteiger charge is 2.40. The van der Waals surface area contributed by atoms with Crippen molar-refractivity contribution in [1.82, 2.24) is 14.9 Å². The Labute approximate surface area is 211 Å². The molecule has 1 amide bonds. The zero-order valence-corrected chi connectivity index (χ0v) is 20.7. The van der Waals surface area contributed by atoms with Crippen molar-refractivity contribution < 1.29 is 36.9 Å². The van der Waals surface area contributed by atoms with Crippen LogP contribution < -0.4 is 14.8 Å². The lowest BCUT2D eigenvalue weighted by Crippen LogP contribution is -2.39. The SMILES string of the molecule is COc1cc(-c2cnn3cc(C(C)(C)COC4COC4)ccc23)cc(OC(F)F)c1C(=O)N[C@@H]1C[C@@H]1F. The van der Waals surface area contributed by atoms with E-state index in [0.717, 1.165) is 5.56 Å². The van der Waals surface area contributed by atoms with Gasteiger partial charge in [0, 0.05) is 23.6 Å². The van der Waals surface area contributed by atoms with Gasteiger partial charge < -0.3 is 24.3 Å². The summed E-state index contributed by atoms with van der Waals surface area (Å²) >= 11 is 0. The molecule has 1 aliphatic carbocycles. The fourth-order valence-electron chi connectivity index (χ4n) is 4.20. The Hall–Kier alpha value is -3.31. The molecule has 1 saturated carbocycles. The van der Waals surface area contributed by atoms with Crippen LogP contribution in [0.25, 0.3) is 16.6 Å². The molecular weight excluding hydrogens is 491 g/mol. The van der Waals surface area contributed by atoms with Gasteiger partial charge in [-0.1, -0.05) is 19.9 Å². The number of aromatic nitrogens is 2. The summed E-state index contributed by atoms with van der Waals surface area (Å²) in [6.45, 7) is 2.70. The van der Waals surface area contributed by atoms with Gasteiger partial charge in [-0.15, -0.1) is 0 Å². The number of fused-ring (bicyclic) bond motifs is 1. The van der Waals surface area contributed by atoms with Crippen molar-refractivity contribution in [2.24, 2.45) is 0 Å². The Kier molecular flexibility index (Phi) is 6.76. The number of nitrogens with zero attached hydrogens (tertiary/aromatic N) is 2. The average molecular weight is 520 g/mol. The van der Waals surface area contributed by atoms with Crippen molar-refractivity contribution in [1.29, 1.82) is 0 Å². The third kappa shape index (κ3) is 5.24. The minimum Gasteiger partial charge on any atom is -0.496 e. The van der Waals surface area contributed by atoms with E-state index in [0.29, 0.717) is 36.5 Å². The van der Waals surface area contributed by atoms with E-state index in [1.54, 1.807) is 16.8 Å². The first-order valence-electron chi connectivity index (χ1n) is 12.0. The lowest BCUT2D eigenvalue weighted by molar-refractivity contribution is -0.137. The number of nitrogens with one attached hydrogen (secondary N) is 1. The first kappa shape index (κ1) is 25.3. The topological polar surface area (TPSA) is 83.3 Å². The summed E-state index contributed by atoms with van der Waals surface area (Å²) in [5.74, 6) is -1.09. The summed E-state index contributed by atoms with van der Waals surface area (Å²) in [6.07, 6.45) is 2.65. The lowest BCUT2D eigenvalue weighted by atomic mass is 9.86. The van der Waals surface area contributed by atoms with Gasteiger partial charge in [-0.25, -0.2) is 8.91 Å². The molecule has 0 spiro atoms. The summed E-state index contributed by atoms with van der Waals surface area (Å²) in [6, 6.07) is 6.10. The van der Waals surface area contributed by atoms with Gasteiger partial charge in [0.2, 0.25) is 0 Å². The van der Waals surface area contributed by atoms with Gasteiger partial charge in [0.1, 0.15) is 29.3 Å². The van der Waals surface area contributed by atoms with Crippen molar-refractivity contribution in [2.45, 2.75) is 50.6 Å². The molecule has 0 unspecified atom stereocenters. The third-order valence-corrected chi connectivity index (χ3v) is 6.65. The molecule has 11 heteroatoms. The van der Waals surface area contributed by atoms with Crippen LogP contribution in [0.5, 0.6) is 11.5 Å². The number of pyridine rings is 1. The second kappa shape index (κ2) is 9.86. The van der Waals surface area contributed by atoms with Crippen LogP contribution in [-0.2, 0) is 14.9 Å². The van der Waals surface area contributed by atoms with Gasteiger partial charge in [-0.3, -0.25) is 4.79 Å². The minimum absolute atomic E-state index is 0.0240. The van der Waals surface area contributed by atoms with Crippen molar-refractivity contribution >= 4 is 11.4 Å². The van der Waals surface area contributed by atoms with Crippen LogP contribution in [-0.4, -0.2) is 67.4 Å². The molecule has 1 aromatic carbocycles.